The fraction of sp³-hybridized carbons (Fsp3) is 0.0714. The van der Waals surface area contributed by atoms with Gasteiger partial charge in [0.2, 0.25) is 0 Å². The van der Waals surface area contributed by atoms with Gasteiger partial charge in [0.1, 0.15) is 0 Å². The monoisotopic (exact) mass is 269 g/mol. The van der Waals surface area contributed by atoms with Crippen molar-refractivity contribution in [2.75, 3.05) is 4.90 Å². The maximum Gasteiger partial charge on any atom is 0.283 e. The lowest BCUT2D eigenvalue weighted by atomic mass is 10.2. The van der Waals surface area contributed by atoms with Crippen LogP contribution in [0, 0.1) is 11.3 Å². The van der Waals surface area contributed by atoms with Gasteiger partial charge in [0.15, 0.2) is 0 Å². The standard InChI is InChI=1S/C14H11N3OS/c15-8-11-3-5-13(6-4-11)17(14(18)19)10-12-2-1-7-16-9-12/h1-7,9H,10H2,(H,18,19). The van der Waals surface area contributed by atoms with E-state index in [2.05, 4.69) is 17.6 Å². The molecule has 4 nitrogen and oxygen atoms in total. The van der Waals surface area contributed by atoms with Gasteiger partial charge >= 0.3 is 0 Å². The van der Waals surface area contributed by atoms with Crippen molar-refractivity contribution in [3.05, 3.63) is 59.9 Å². The second kappa shape index (κ2) is 6.03. The number of anilines is 1. The maximum atomic E-state index is 11.6. The lowest BCUT2D eigenvalue weighted by Gasteiger charge is -2.20. The summed E-state index contributed by atoms with van der Waals surface area (Å²) in [6.45, 7) is 0.391. The predicted molar refractivity (Wildman–Crippen MR) is 76.0 cm³/mol. The molecule has 0 fully saturated rings. The molecule has 1 heterocycles. The molecule has 0 aliphatic heterocycles. The number of hydrogen-bond donors (Lipinski definition) is 1. The minimum absolute atomic E-state index is 0.353. The molecule has 1 aromatic carbocycles. The van der Waals surface area contributed by atoms with Gasteiger partial charge in [0.05, 0.1) is 18.2 Å². The molecule has 0 spiro atoms. The molecule has 19 heavy (non-hydrogen) atoms. The van der Waals surface area contributed by atoms with E-state index in [1.54, 1.807) is 36.7 Å². The average Bonchev–Trinajstić information content (AvgIpc) is 2.46. The highest BCUT2D eigenvalue weighted by atomic mass is 32.1. The Morgan fingerprint density at radius 3 is 2.58 bits per heavy atom. The molecule has 0 saturated carbocycles. The third kappa shape index (κ3) is 3.33. The molecule has 0 bridgehead atoms. The topological polar surface area (TPSA) is 57.0 Å². The van der Waals surface area contributed by atoms with E-state index in [0.29, 0.717) is 17.8 Å². The van der Waals surface area contributed by atoms with E-state index in [-0.39, 0.29) is 5.24 Å². The number of amides is 1. The zero-order valence-electron chi connectivity index (χ0n) is 10.0. The molecule has 5 heteroatoms. The van der Waals surface area contributed by atoms with Crippen LogP contribution in [0.25, 0.3) is 0 Å². The van der Waals surface area contributed by atoms with Gasteiger partial charge < -0.3 is 0 Å². The Bertz CT molecular complexity index is 605. The lowest BCUT2D eigenvalue weighted by molar-refractivity contribution is 0.265. The molecule has 0 aliphatic rings. The molecule has 2 rings (SSSR count). The third-order valence-corrected chi connectivity index (χ3v) is 2.84. The first kappa shape index (κ1) is 13.1. The van der Waals surface area contributed by atoms with Gasteiger partial charge in [-0.3, -0.25) is 14.7 Å². The molecular formula is C14H11N3OS. The third-order valence-electron chi connectivity index (χ3n) is 2.60. The molecule has 1 aromatic heterocycles. The molecule has 1 amide bonds. The summed E-state index contributed by atoms with van der Waals surface area (Å²) in [6, 6.07) is 12.5. The summed E-state index contributed by atoms with van der Waals surface area (Å²) in [5, 5.41) is 8.40. The average molecular weight is 269 g/mol. The lowest BCUT2D eigenvalue weighted by Crippen LogP contribution is -2.25. The highest BCUT2D eigenvalue weighted by molar-refractivity contribution is 7.96. The Morgan fingerprint density at radius 2 is 2.05 bits per heavy atom. The van der Waals surface area contributed by atoms with E-state index < -0.39 is 0 Å². The second-order valence-electron chi connectivity index (χ2n) is 3.89. The number of carbonyl (C=O) groups excluding carboxylic acids is 1. The zero-order valence-corrected chi connectivity index (χ0v) is 10.9. The Balaban J connectivity index is 2.25. The Morgan fingerprint density at radius 1 is 1.32 bits per heavy atom. The minimum atomic E-state index is -0.353. The quantitative estimate of drug-likeness (QED) is 0.871. The summed E-state index contributed by atoms with van der Waals surface area (Å²) in [4.78, 5) is 17.1. The van der Waals surface area contributed by atoms with Crippen LogP contribution >= 0.6 is 12.6 Å². The summed E-state index contributed by atoms with van der Waals surface area (Å²) < 4.78 is 0. The van der Waals surface area contributed by atoms with E-state index in [0.717, 1.165) is 5.56 Å². The van der Waals surface area contributed by atoms with Crippen LogP contribution in [0.1, 0.15) is 11.1 Å². The van der Waals surface area contributed by atoms with Crippen molar-refractivity contribution in [1.82, 2.24) is 4.98 Å². The second-order valence-corrected chi connectivity index (χ2v) is 4.27. The van der Waals surface area contributed by atoms with Crippen LogP contribution in [-0.4, -0.2) is 10.2 Å². The van der Waals surface area contributed by atoms with Crippen LogP contribution in [0.15, 0.2) is 48.8 Å². The molecular weight excluding hydrogens is 258 g/mol. The number of aromatic nitrogens is 1. The van der Waals surface area contributed by atoms with Gasteiger partial charge in [0, 0.05) is 18.1 Å². The number of benzene rings is 1. The number of rotatable bonds is 3. The summed E-state index contributed by atoms with van der Waals surface area (Å²) >= 11 is 3.89. The largest absolute Gasteiger partial charge is 0.299 e. The minimum Gasteiger partial charge on any atom is -0.299 e. The van der Waals surface area contributed by atoms with Gasteiger partial charge in [-0.15, -0.1) is 0 Å². The smallest absolute Gasteiger partial charge is 0.283 e. The zero-order chi connectivity index (χ0) is 13.7. The molecule has 0 radical (unpaired) electrons. The first-order chi connectivity index (χ1) is 9.20. The maximum absolute atomic E-state index is 11.6. The van der Waals surface area contributed by atoms with Gasteiger partial charge in [-0.25, -0.2) is 0 Å². The highest BCUT2D eigenvalue weighted by Crippen LogP contribution is 2.19. The molecule has 0 aliphatic carbocycles. The number of carbonyl (C=O) groups is 1. The van der Waals surface area contributed by atoms with Crippen molar-refractivity contribution in [3.8, 4) is 6.07 Å². The van der Waals surface area contributed by atoms with E-state index in [1.165, 1.54) is 4.90 Å². The van der Waals surface area contributed by atoms with Gasteiger partial charge in [-0.05, 0) is 35.9 Å². The van der Waals surface area contributed by atoms with E-state index in [4.69, 9.17) is 5.26 Å². The Labute approximate surface area is 116 Å². The van der Waals surface area contributed by atoms with Crippen LogP contribution in [0.3, 0.4) is 0 Å². The van der Waals surface area contributed by atoms with Gasteiger partial charge in [-0.2, -0.15) is 5.26 Å². The SMILES string of the molecule is N#Cc1ccc(N(Cc2cccnc2)C(=O)S)cc1. The van der Waals surface area contributed by atoms with Crippen LogP contribution in [0.5, 0.6) is 0 Å². The number of pyridine rings is 1. The van der Waals surface area contributed by atoms with Crippen LogP contribution in [-0.2, 0) is 6.54 Å². The summed E-state index contributed by atoms with van der Waals surface area (Å²) in [6.07, 6.45) is 3.38. The molecule has 0 N–H and O–H groups in total. The number of thiol groups is 1. The van der Waals surface area contributed by atoms with Gasteiger partial charge in [0.25, 0.3) is 5.24 Å². The summed E-state index contributed by atoms with van der Waals surface area (Å²) in [7, 11) is 0. The van der Waals surface area contributed by atoms with Crippen LogP contribution < -0.4 is 4.90 Å². The normalized spacial score (nSPS) is 9.68. The molecule has 0 unspecified atom stereocenters. The fourth-order valence-corrected chi connectivity index (χ4v) is 1.85. The Hall–Kier alpha value is -2.32. The van der Waals surface area contributed by atoms with Crippen LogP contribution in [0.4, 0.5) is 10.5 Å². The van der Waals surface area contributed by atoms with Crippen molar-refractivity contribution >= 4 is 23.6 Å². The van der Waals surface area contributed by atoms with Gasteiger partial charge in [-0.1, -0.05) is 18.7 Å². The Kier molecular flexibility index (Phi) is 4.16. The molecule has 0 atom stereocenters. The van der Waals surface area contributed by atoms with Crippen molar-refractivity contribution < 1.29 is 4.79 Å². The first-order valence-corrected chi connectivity index (χ1v) is 6.05. The van der Waals surface area contributed by atoms with E-state index in [1.807, 2.05) is 18.2 Å². The van der Waals surface area contributed by atoms with Crippen LogP contribution in [0.2, 0.25) is 0 Å². The predicted octanol–water partition coefficient (Wildman–Crippen LogP) is 3.01. The van der Waals surface area contributed by atoms with Crippen molar-refractivity contribution in [3.63, 3.8) is 0 Å². The van der Waals surface area contributed by atoms with E-state index >= 15 is 0 Å². The number of nitrogens with zero attached hydrogens (tertiary/aromatic N) is 3. The summed E-state index contributed by atoms with van der Waals surface area (Å²) in [5.74, 6) is 0. The van der Waals surface area contributed by atoms with Crippen molar-refractivity contribution in [2.24, 2.45) is 0 Å². The summed E-state index contributed by atoms with van der Waals surface area (Å²) in [5.41, 5.74) is 2.16. The fourth-order valence-electron chi connectivity index (χ4n) is 1.66. The number of hydrogen-bond acceptors (Lipinski definition) is 3. The van der Waals surface area contributed by atoms with E-state index in [9.17, 15) is 4.79 Å². The molecule has 0 saturated heterocycles. The molecule has 2 aromatic rings. The highest BCUT2D eigenvalue weighted by Gasteiger charge is 2.12. The van der Waals surface area contributed by atoms with Crippen molar-refractivity contribution in [1.29, 1.82) is 5.26 Å². The first-order valence-electron chi connectivity index (χ1n) is 5.60. The van der Waals surface area contributed by atoms with Crippen molar-refractivity contribution in [2.45, 2.75) is 6.54 Å². The molecule has 94 valence electrons. The number of nitriles is 1.